The quantitative estimate of drug-likeness (QED) is 0.941. The maximum absolute atomic E-state index is 4.29. The Balaban J connectivity index is 1.31. The third kappa shape index (κ3) is 3.39. The lowest BCUT2D eigenvalue weighted by Gasteiger charge is -2.29. The van der Waals surface area contributed by atoms with Gasteiger partial charge < -0.3 is 10.2 Å². The van der Waals surface area contributed by atoms with Crippen LogP contribution in [0.5, 0.6) is 0 Å². The minimum absolute atomic E-state index is 0.492. The lowest BCUT2D eigenvalue weighted by atomic mass is 10.1. The smallest absolute Gasteiger partial charge is 0.138 e. The molecule has 5 heteroatoms. The monoisotopic (exact) mass is 311 g/mol. The number of rotatable bonds is 4. The summed E-state index contributed by atoms with van der Waals surface area (Å²) in [6.45, 7) is 4.27. The van der Waals surface area contributed by atoms with E-state index in [9.17, 15) is 0 Å². The Morgan fingerprint density at radius 3 is 2.74 bits per heavy atom. The third-order valence-electron chi connectivity index (χ3n) is 5.06. The molecule has 1 unspecified atom stereocenters. The molecular formula is C18H25N5. The third-order valence-corrected chi connectivity index (χ3v) is 5.06. The first-order valence-corrected chi connectivity index (χ1v) is 8.82. The van der Waals surface area contributed by atoms with Crippen molar-refractivity contribution in [3.63, 3.8) is 0 Å². The fourth-order valence-electron chi connectivity index (χ4n) is 3.64. The van der Waals surface area contributed by atoms with E-state index in [1.807, 2.05) is 4.68 Å². The number of aromatic nitrogens is 3. The summed E-state index contributed by atoms with van der Waals surface area (Å²) >= 11 is 0. The van der Waals surface area contributed by atoms with Gasteiger partial charge in [-0.3, -0.25) is 0 Å². The number of hydrogen-bond donors (Lipinski definition) is 1. The Hall–Kier alpha value is -1.88. The van der Waals surface area contributed by atoms with Crippen molar-refractivity contribution in [3.8, 4) is 0 Å². The molecule has 2 aromatic rings. The molecule has 0 saturated carbocycles. The topological polar surface area (TPSA) is 46.0 Å². The molecule has 0 aliphatic carbocycles. The Kier molecular flexibility index (Phi) is 4.28. The van der Waals surface area contributed by atoms with Gasteiger partial charge in [-0.2, -0.15) is 5.10 Å². The maximum Gasteiger partial charge on any atom is 0.138 e. The first-order chi connectivity index (χ1) is 11.4. The van der Waals surface area contributed by atoms with Crippen molar-refractivity contribution in [2.75, 3.05) is 18.0 Å². The van der Waals surface area contributed by atoms with Crippen molar-refractivity contribution < 1.29 is 0 Å². The van der Waals surface area contributed by atoms with Crippen molar-refractivity contribution in [1.29, 1.82) is 0 Å². The average molecular weight is 311 g/mol. The molecule has 1 N–H and O–H groups in total. The van der Waals surface area contributed by atoms with E-state index < -0.39 is 0 Å². The summed E-state index contributed by atoms with van der Waals surface area (Å²) in [5, 5.41) is 7.95. The summed E-state index contributed by atoms with van der Waals surface area (Å²) in [6.07, 6.45) is 7.87. The molecule has 0 bridgehead atoms. The largest absolute Gasteiger partial charge is 0.372 e. The van der Waals surface area contributed by atoms with Gasteiger partial charge in [0, 0.05) is 37.8 Å². The molecule has 23 heavy (non-hydrogen) atoms. The molecule has 0 amide bonds. The lowest BCUT2D eigenvalue weighted by Crippen LogP contribution is -2.37. The van der Waals surface area contributed by atoms with Crippen LogP contribution < -0.4 is 10.2 Å². The molecule has 5 nitrogen and oxygen atoms in total. The maximum atomic E-state index is 4.29. The molecule has 1 aromatic heterocycles. The predicted octanol–water partition coefficient (Wildman–Crippen LogP) is 2.37. The fourth-order valence-corrected chi connectivity index (χ4v) is 3.64. The Morgan fingerprint density at radius 2 is 1.91 bits per heavy atom. The van der Waals surface area contributed by atoms with Gasteiger partial charge in [0.2, 0.25) is 0 Å². The van der Waals surface area contributed by atoms with Gasteiger partial charge >= 0.3 is 0 Å². The van der Waals surface area contributed by atoms with E-state index in [1.54, 1.807) is 6.33 Å². The number of nitrogens with one attached hydrogen (secondary N) is 1. The number of fused-ring (bicyclic) bond motifs is 1. The highest BCUT2D eigenvalue weighted by molar-refractivity contribution is 5.47. The number of hydrogen-bond acceptors (Lipinski definition) is 4. The number of aryl methyl sites for hydroxylation is 1. The summed E-state index contributed by atoms with van der Waals surface area (Å²) in [5.74, 6) is 1.12. The second-order valence-electron chi connectivity index (χ2n) is 6.69. The van der Waals surface area contributed by atoms with E-state index in [0.717, 1.165) is 31.8 Å². The molecule has 1 saturated heterocycles. The minimum Gasteiger partial charge on any atom is -0.372 e. The van der Waals surface area contributed by atoms with Gasteiger partial charge in [-0.15, -0.1) is 0 Å². The summed E-state index contributed by atoms with van der Waals surface area (Å²) < 4.78 is 2.03. The SMILES string of the molecule is c1nc2n(n1)CC(NCc1ccc(N3CCCCC3)cc1)CC2. The molecule has 1 fully saturated rings. The zero-order valence-corrected chi connectivity index (χ0v) is 13.6. The van der Waals surface area contributed by atoms with Crippen molar-refractivity contribution >= 4 is 5.69 Å². The van der Waals surface area contributed by atoms with E-state index in [4.69, 9.17) is 0 Å². The van der Waals surface area contributed by atoms with E-state index in [0.29, 0.717) is 6.04 Å². The molecular weight excluding hydrogens is 286 g/mol. The van der Waals surface area contributed by atoms with Gasteiger partial charge in [0.25, 0.3) is 0 Å². The summed E-state index contributed by atoms with van der Waals surface area (Å²) in [4.78, 5) is 6.79. The molecule has 4 rings (SSSR count). The van der Waals surface area contributed by atoms with E-state index in [2.05, 4.69) is 44.6 Å². The molecule has 0 radical (unpaired) electrons. The summed E-state index contributed by atoms with van der Waals surface area (Å²) in [5.41, 5.74) is 2.73. The first-order valence-electron chi connectivity index (χ1n) is 8.82. The van der Waals surface area contributed by atoms with Gasteiger partial charge in [0.05, 0.1) is 6.54 Å². The van der Waals surface area contributed by atoms with Gasteiger partial charge in [0.15, 0.2) is 0 Å². The summed E-state index contributed by atoms with van der Waals surface area (Å²) in [6, 6.07) is 9.57. The highest BCUT2D eigenvalue weighted by Crippen LogP contribution is 2.20. The second-order valence-corrected chi connectivity index (χ2v) is 6.69. The second kappa shape index (κ2) is 6.71. The molecule has 3 heterocycles. The molecule has 2 aliphatic rings. The van der Waals surface area contributed by atoms with Crippen LogP contribution in [0.25, 0.3) is 0 Å². The van der Waals surface area contributed by atoms with Crippen LogP contribution in [0.4, 0.5) is 5.69 Å². The Bertz CT molecular complexity index is 627. The zero-order valence-electron chi connectivity index (χ0n) is 13.6. The lowest BCUT2D eigenvalue weighted by molar-refractivity contribution is 0.358. The number of anilines is 1. The predicted molar refractivity (Wildman–Crippen MR) is 91.5 cm³/mol. The number of nitrogens with zero attached hydrogens (tertiary/aromatic N) is 4. The molecule has 1 atom stereocenters. The van der Waals surface area contributed by atoms with Crippen molar-refractivity contribution in [2.24, 2.45) is 0 Å². The molecule has 122 valence electrons. The zero-order chi connectivity index (χ0) is 15.5. The van der Waals surface area contributed by atoms with Crippen molar-refractivity contribution in [1.82, 2.24) is 20.1 Å². The Morgan fingerprint density at radius 1 is 1.09 bits per heavy atom. The molecule has 2 aliphatic heterocycles. The van der Waals surface area contributed by atoms with E-state index in [1.165, 1.54) is 43.6 Å². The van der Waals surface area contributed by atoms with Crippen LogP contribution >= 0.6 is 0 Å². The van der Waals surface area contributed by atoms with Gasteiger partial charge in [-0.25, -0.2) is 9.67 Å². The van der Waals surface area contributed by atoms with Crippen LogP contribution in [0, 0.1) is 0 Å². The number of piperidine rings is 1. The number of benzene rings is 1. The Labute approximate surface area is 137 Å². The van der Waals surface area contributed by atoms with Crippen LogP contribution in [0.15, 0.2) is 30.6 Å². The minimum atomic E-state index is 0.492. The fraction of sp³-hybridized carbons (Fsp3) is 0.556. The highest BCUT2D eigenvalue weighted by atomic mass is 15.3. The van der Waals surface area contributed by atoms with Crippen molar-refractivity contribution in [3.05, 3.63) is 42.0 Å². The van der Waals surface area contributed by atoms with Crippen LogP contribution in [-0.2, 0) is 19.5 Å². The standard InChI is InChI=1S/C18H25N5/c1-2-10-22(11-3-1)17-7-4-15(5-8-17)12-19-16-6-9-18-20-14-21-23(18)13-16/h4-5,7-8,14,16,19H,1-3,6,9-13H2. The summed E-state index contributed by atoms with van der Waals surface area (Å²) in [7, 11) is 0. The highest BCUT2D eigenvalue weighted by Gasteiger charge is 2.19. The average Bonchev–Trinajstić information content (AvgIpc) is 3.09. The van der Waals surface area contributed by atoms with E-state index >= 15 is 0 Å². The van der Waals surface area contributed by atoms with Crippen molar-refractivity contribution in [2.45, 2.75) is 51.2 Å². The molecule has 0 spiro atoms. The van der Waals surface area contributed by atoms with Crippen LogP contribution in [0.1, 0.15) is 37.1 Å². The van der Waals surface area contributed by atoms with Gasteiger partial charge in [-0.05, 0) is 43.4 Å². The van der Waals surface area contributed by atoms with Crippen LogP contribution in [0.3, 0.4) is 0 Å². The molecule has 1 aromatic carbocycles. The first kappa shape index (κ1) is 14.7. The van der Waals surface area contributed by atoms with Crippen LogP contribution in [-0.4, -0.2) is 33.9 Å². The normalized spacial score (nSPS) is 21.2. The van der Waals surface area contributed by atoms with Gasteiger partial charge in [0.1, 0.15) is 12.2 Å². The van der Waals surface area contributed by atoms with E-state index in [-0.39, 0.29) is 0 Å². The van der Waals surface area contributed by atoms with Crippen LogP contribution in [0.2, 0.25) is 0 Å². The van der Waals surface area contributed by atoms with Gasteiger partial charge in [-0.1, -0.05) is 12.1 Å².